The summed E-state index contributed by atoms with van der Waals surface area (Å²) in [6.45, 7) is 0. The van der Waals surface area contributed by atoms with Crippen molar-refractivity contribution in [1.29, 1.82) is 0 Å². The highest BCUT2D eigenvalue weighted by Gasteiger charge is 2.40. The molecule has 0 N–H and O–H groups in total. The summed E-state index contributed by atoms with van der Waals surface area (Å²) in [7, 11) is 0. The molecular formula is C19H10N4O8. The largest absolute Gasteiger partial charge is 0.284 e. The van der Waals surface area contributed by atoms with E-state index in [0.29, 0.717) is 0 Å². The van der Waals surface area contributed by atoms with Gasteiger partial charge in [0.25, 0.3) is 22.7 Å². The zero-order valence-corrected chi connectivity index (χ0v) is 15.3. The van der Waals surface area contributed by atoms with Gasteiger partial charge in [0.05, 0.1) is 43.0 Å². The smallest absolute Gasteiger partial charge is 0.258 e. The van der Waals surface area contributed by atoms with Crippen molar-refractivity contribution in [2.75, 3.05) is 0 Å². The lowest BCUT2D eigenvalue weighted by atomic mass is 9.98. The minimum atomic E-state index is -0.862. The Bertz CT molecular complexity index is 1210. The Morgan fingerprint density at radius 1 is 0.645 bits per heavy atom. The standard InChI is InChI=1S/C19H10N4O8/c24-20(25)11-6-14-13(5-10-3-1-2-4-10)15-7-12(21(26)27)9-17(23(30)31)19(15)18(14)16(8-11)22(28)29/h1-10H. The van der Waals surface area contributed by atoms with Crippen LogP contribution in [0.3, 0.4) is 0 Å². The molecule has 0 aliphatic heterocycles. The molecule has 2 aliphatic carbocycles. The van der Waals surface area contributed by atoms with E-state index in [9.17, 15) is 40.5 Å². The van der Waals surface area contributed by atoms with Crippen LogP contribution in [-0.4, -0.2) is 19.7 Å². The van der Waals surface area contributed by atoms with E-state index >= 15 is 0 Å². The first-order chi connectivity index (χ1) is 14.7. The summed E-state index contributed by atoms with van der Waals surface area (Å²) in [6.07, 6.45) is 8.62. The van der Waals surface area contributed by atoms with Crippen LogP contribution in [0, 0.1) is 46.4 Å². The van der Waals surface area contributed by atoms with Crippen molar-refractivity contribution < 1.29 is 19.7 Å². The highest BCUT2D eigenvalue weighted by molar-refractivity contribution is 6.08. The number of fused-ring (bicyclic) bond motifs is 3. The van der Waals surface area contributed by atoms with Gasteiger partial charge in [0.1, 0.15) is 0 Å². The van der Waals surface area contributed by atoms with Crippen molar-refractivity contribution in [3.63, 3.8) is 0 Å². The van der Waals surface area contributed by atoms with Crippen LogP contribution in [0.15, 0.2) is 54.6 Å². The molecule has 12 nitrogen and oxygen atoms in total. The van der Waals surface area contributed by atoms with Crippen LogP contribution in [0.4, 0.5) is 22.7 Å². The van der Waals surface area contributed by atoms with Crippen LogP contribution in [0.2, 0.25) is 0 Å². The van der Waals surface area contributed by atoms with Crippen molar-refractivity contribution in [2.45, 2.75) is 0 Å². The van der Waals surface area contributed by atoms with E-state index < -0.39 is 42.4 Å². The fraction of sp³-hybridized carbons (Fsp3) is 0.0526. The van der Waals surface area contributed by atoms with E-state index in [-0.39, 0.29) is 33.7 Å². The predicted molar refractivity (Wildman–Crippen MR) is 107 cm³/mol. The van der Waals surface area contributed by atoms with E-state index in [1.54, 1.807) is 30.4 Å². The molecule has 0 saturated carbocycles. The van der Waals surface area contributed by atoms with Gasteiger partial charge < -0.3 is 0 Å². The third kappa shape index (κ3) is 3.11. The number of hydrogen-bond acceptors (Lipinski definition) is 8. The molecule has 0 fully saturated rings. The molecule has 154 valence electrons. The van der Waals surface area contributed by atoms with E-state index in [4.69, 9.17) is 0 Å². The molecule has 0 saturated heterocycles. The second-order valence-corrected chi connectivity index (χ2v) is 6.73. The van der Waals surface area contributed by atoms with Gasteiger partial charge in [-0.1, -0.05) is 30.4 Å². The molecule has 12 heteroatoms. The summed E-state index contributed by atoms with van der Waals surface area (Å²) < 4.78 is 0. The van der Waals surface area contributed by atoms with Gasteiger partial charge >= 0.3 is 0 Å². The quantitative estimate of drug-likeness (QED) is 0.427. The van der Waals surface area contributed by atoms with Gasteiger partial charge in [-0.3, -0.25) is 40.5 Å². The lowest BCUT2D eigenvalue weighted by Gasteiger charge is -2.06. The normalized spacial score (nSPS) is 13.7. The fourth-order valence-corrected chi connectivity index (χ4v) is 3.75. The fourth-order valence-electron chi connectivity index (χ4n) is 3.75. The van der Waals surface area contributed by atoms with Crippen molar-refractivity contribution in [1.82, 2.24) is 0 Å². The first-order valence-corrected chi connectivity index (χ1v) is 8.70. The van der Waals surface area contributed by atoms with E-state index in [2.05, 4.69) is 0 Å². The molecule has 0 amide bonds. The summed E-state index contributed by atoms with van der Waals surface area (Å²) in [5.74, 6) is -0.301. The molecule has 2 aromatic rings. The maximum absolute atomic E-state index is 11.7. The molecule has 2 aliphatic rings. The lowest BCUT2D eigenvalue weighted by Crippen LogP contribution is -1.99. The number of hydrogen-bond donors (Lipinski definition) is 0. The van der Waals surface area contributed by atoms with Crippen molar-refractivity contribution >= 4 is 28.3 Å². The van der Waals surface area contributed by atoms with Gasteiger partial charge in [-0.2, -0.15) is 0 Å². The minimum absolute atomic E-state index is 0.0354. The van der Waals surface area contributed by atoms with Crippen molar-refractivity contribution in [2.24, 2.45) is 5.92 Å². The molecule has 2 aromatic carbocycles. The molecule has 0 spiro atoms. The SMILES string of the molecule is O=[N+]([O-])c1cc2c(c([N+](=O)[O-])c1)-c1c(cc([N+](=O)[O-])cc1[N+](=O)[O-])C2=CC1C=CC=C1. The minimum Gasteiger partial charge on any atom is -0.258 e. The average molecular weight is 422 g/mol. The first-order valence-electron chi connectivity index (χ1n) is 8.70. The molecule has 0 heterocycles. The maximum Gasteiger partial charge on any atom is 0.284 e. The predicted octanol–water partition coefficient (Wildman–Crippen LogP) is 4.47. The number of nitro groups is 4. The van der Waals surface area contributed by atoms with Crippen molar-refractivity contribution in [3.05, 3.63) is 106 Å². The van der Waals surface area contributed by atoms with Crippen LogP contribution < -0.4 is 0 Å². The van der Waals surface area contributed by atoms with Gasteiger partial charge in [0.15, 0.2) is 0 Å². The number of allylic oxidation sites excluding steroid dienone is 5. The maximum atomic E-state index is 11.7. The molecule has 4 rings (SSSR count). The molecule has 0 atom stereocenters. The van der Waals surface area contributed by atoms with E-state index in [1.807, 2.05) is 0 Å². The van der Waals surface area contributed by atoms with Crippen LogP contribution >= 0.6 is 0 Å². The number of rotatable bonds is 5. The zero-order valence-electron chi connectivity index (χ0n) is 15.3. The molecule has 0 unspecified atom stereocenters. The Hall–Kier alpha value is -4.74. The van der Waals surface area contributed by atoms with E-state index in [0.717, 1.165) is 24.3 Å². The molecule has 0 bridgehead atoms. The van der Waals surface area contributed by atoms with Gasteiger partial charge in [0, 0.05) is 29.2 Å². The number of nitrogens with zero attached hydrogens (tertiary/aromatic N) is 4. The number of benzene rings is 2. The van der Waals surface area contributed by atoms with Crippen LogP contribution in [0.5, 0.6) is 0 Å². The Morgan fingerprint density at radius 2 is 1.06 bits per heavy atom. The average Bonchev–Trinajstić information content (AvgIpc) is 3.33. The van der Waals surface area contributed by atoms with Crippen LogP contribution in [0.1, 0.15) is 11.1 Å². The second kappa shape index (κ2) is 6.95. The topological polar surface area (TPSA) is 173 Å². The summed E-state index contributed by atoms with van der Waals surface area (Å²) in [4.78, 5) is 42.8. The Labute approximate surface area is 172 Å². The first kappa shape index (κ1) is 19.6. The van der Waals surface area contributed by atoms with Crippen LogP contribution in [0.25, 0.3) is 16.7 Å². The van der Waals surface area contributed by atoms with Gasteiger partial charge in [0.2, 0.25) is 0 Å². The monoisotopic (exact) mass is 422 g/mol. The van der Waals surface area contributed by atoms with E-state index in [1.165, 1.54) is 0 Å². The summed E-state index contributed by atoms with van der Waals surface area (Å²) in [5, 5.41) is 46.2. The van der Waals surface area contributed by atoms with Crippen molar-refractivity contribution in [3.8, 4) is 11.1 Å². The Balaban J connectivity index is 2.17. The Kier molecular flexibility index (Phi) is 4.39. The molecule has 0 aromatic heterocycles. The summed E-state index contributed by atoms with van der Waals surface area (Å²) >= 11 is 0. The summed E-state index contributed by atoms with van der Waals surface area (Å²) in [5.41, 5.74) is -2.59. The van der Waals surface area contributed by atoms with Gasteiger partial charge in [-0.05, 0) is 5.57 Å². The summed E-state index contributed by atoms with van der Waals surface area (Å²) in [6, 6.07) is 3.64. The second-order valence-electron chi connectivity index (χ2n) is 6.73. The third-order valence-electron chi connectivity index (χ3n) is 4.99. The van der Waals surface area contributed by atoms with Crippen LogP contribution in [-0.2, 0) is 0 Å². The Morgan fingerprint density at radius 3 is 1.42 bits per heavy atom. The van der Waals surface area contributed by atoms with Gasteiger partial charge in [-0.15, -0.1) is 0 Å². The van der Waals surface area contributed by atoms with Gasteiger partial charge in [-0.25, -0.2) is 0 Å². The highest BCUT2D eigenvalue weighted by atomic mass is 16.6. The lowest BCUT2D eigenvalue weighted by molar-refractivity contribution is -0.395. The highest BCUT2D eigenvalue weighted by Crippen LogP contribution is 2.54. The third-order valence-corrected chi connectivity index (χ3v) is 4.99. The molecular weight excluding hydrogens is 412 g/mol. The molecule has 0 radical (unpaired) electrons. The molecule has 31 heavy (non-hydrogen) atoms. The zero-order chi connectivity index (χ0) is 22.4. The number of non-ortho nitro benzene ring substituents is 2. The number of nitro benzene ring substituents is 4.